The second kappa shape index (κ2) is 3.50. The van der Waals surface area contributed by atoms with E-state index in [4.69, 9.17) is 0 Å². The van der Waals surface area contributed by atoms with Crippen LogP contribution in [0.1, 0.15) is 31.6 Å². The van der Waals surface area contributed by atoms with E-state index in [2.05, 4.69) is 34.9 Å². The maximum absolute atomic E-state index is 4.25. The number of nitrogens with one attached hydrogen (secondary N) is 1. The highest BCUT2D eigenvalue weighted by Crippen LogP contribution is 2.20. The molecule has 0 bridgehead atoms. The van der Waals surface area contributed by atoms with Gasteiger partial charge in [0.2, 0.25) is 0 Å². The summed E-state index contributed by atoms with van der Waals surface area (Å²) in [7, 11) is 0. The van der Waals surface area contributed by atoms with Crippen LogP contribution in [-0.4, -0.2) is 22.1 Å². The van der Waals surface area contributed by atoms with Gasteiger partial charge in [0.25, 0.3) is 0 Å². The molecule has 0 radical (unpaired) electrons. The maximum Gasteiger partial charge on any atom is 0.105 e. The Bertz CT molecular complexity index is 271. The van der Waals surface area contributed by atoms with Crippen LogP contribution in [0.5, 0.6) is 0 Å². The first kappa shape index (κ1) is 8.75. The minimum absolute atomic E-state index is 0.610. The van der Waals surface area contributed by atoms with Crippen LogP contribution < -0.4 is 5.32 Å². The van der Waals surface area contributed by atoms with Crippen molar-refractivity contribution in [1.29, 1.82) is 0 Å². The molecule has 0 aromatic carbocycles. The molecule has 3 nitrogen and oxygen atoms in total. The fourth-order valence-corrected chi connectivity index (χ4v) is 1.99. The highest BCUT2D eigenvalue weighted by Gasteiger charge is 2.19. The molecule has 1 aliphatic rings. The van der Waals surface area contributed by atoms with Crippen molar-refractivity contribution in [3.05, 3.63) is 18.2 Å². The van der Waals surface area contributed by atoms with E-state index >= 15 is 0 Å². The average Bonchev–Trinajstić information content (AvgIpc) is 2.53. The Morgan fingerprint density at radius 3 is 2.92 bits per heavy atom. The van der Waals surface area contributed by atoms with E-state index in [9.17, 15) is 0 Å². The number of hydrogen-bond donors (Lipinski definition) is 1. The standard InChI is InChI=1S/C10H17N3/c1-8-3-4-10(7-12-8)13-6-5-11-9(13)2/h5-6,8,10,12H,3-4,7H2,1-2H3. The zero-order chi connectivity index (χ0) is 9.26. The zero-order valence-corrected chi connectivity index (χ0v) is 8.33. The molecule has 1 aromatic heterocycles. The van der Waals surface area contributed by atoms with Crippen LogP contribution in [0.4, 0.5) is 0 Å². The van der Waals surface area contributed by atoms with Gasteiger partial charge >= 0.3 is 0 Å². The Morgan fingerprint density at radius 2 is 2.38 bits per heavy atom. The van der Waals surface area contributed by atoms with Gasteiger partial charge in [-0.1, -0.05) is 0 Å². The quantitative estimate of drug-likeness (QED) is 0.708. The second-order valence-electron chi connectivity index (χ2n) is 3.92. The topological polar surface area (TPSA) is 29.9 Å². The van der Waals surface area contributed by atoms with Crippen molar-refractivity contribution in [1.82, 2.24) is 14.9 Å². The zero-order valence-electron chi connectivity index (χ0n) is 8.33. The van der Waals surface area contributed by atoms with Crippen LogP contribution in [0.2, 0.25) is 0 Å². The van der Waals surface area contributed by atoms with Crippen molar-refractivity contribution in [2.45, 2.75) is 38.8 Å². The predicted octanol–water partition coefficient (Wildman–Crippen LogP) is 1.50. The Balaban J connectivity index is 2.06. The first-order valence-corrected chi connectivity index (χ1v) is 5.00. The number of aromatic nitrogens is 2. The molecule has 0 amide bonds. The third-order valence-corrected chi connectivity index (χ3v) is 2.89. The molecule has 72 valence electrons. The van der Waals surface area contributed by atoms with Crippen LogP contribution >= 0.6 is 0 Å². The molecule has 1 aromatic rings. The number of hydrogen-bond acceptors (Lipinski definition) is 2. The largest absolute Gasteiger partial charge is 0.331 e. The Morgan fingerprint density at radius 1 is 1.54 bits per heavy atom. The summed E-state index contributed by atoms with van der Waals surface area (Å²) in [5.41, 5.74) is 0. The lowest BCUT2D eigenvalue weighted by Gasteiger charge is -2.29. The van der Waals surface area contributed by atoms with Crippen LogP contribution in [0.15, 0.2) is 12.4 Å². The van der Waals surface area contributed by atoms with Crippen molar-refractivity contribution < 1.29 is 0 Å². The van der Waals surface area contributed by atoms with Gasteiger partial charge in [-0.05, 0) is 26.7 Å². The minimum atomic E-state index is 0.610. The van der Waals surface area contributed by atoms with Gasteiger partial charge in [-0.2, -0.15) is 0 Å². The normalized spacial score (nSPS) is 29.1. The molecule has 0 aliphatic carbocycles. The number of imidazole rings is 1. The van der Waals surface area contributed by atoms with Gasteiger partial charge in [0, 0.05) is 31.0 Å². The van der Waals surface area contributed by atoms with Gasteiger partial charge in [-0.25, -0.2) is 4.98 Å². The van der Waals surface area contributed by atoms with E-state index in [1.165, 1.54) is 12.8 Å². The summed E-state index contributed by atoms with van der Waals surface area (Å²) in [4.78, 5) is 4.25. The summed E-state index contributed by atoms with van der Waals surface area (Å²) in [6.07, 6.45) is 6.50. The molecule has 0 spiro atoms. The Kier molecular flexibility index (Phi) is 2.36. The van der Waals surface area contributed by atoms with Gasteiger partial charge in [0.15, 0.2) is 0 Å². The maximum atomic E-state index is 4.25. The highest BCUT2D eigenvalue weighted by molar-refractivity contribution is 4.94. The fourth-order valence-electron chi connectivity index (χ4n) is 1.99. The Hall–Kier alpha value is -0.830. The summed E-state index contributed by atoms with van der Waals surface area (Å²) in [5.74, 6) is 1.13. The van der Waals surface area contributed by atoms with Crippen LogP contribution in [0.3, 0.4) is 0 Å². The molecule has 2 rings (SSSR count). The SMILES string of the molecule is Cc1nccn1C1CCC(C)NC1. The van der Waals surface area contributed by atoms with E-state index in [0.29, 0.717) is 12.1 Å². The molecule has 1 N–H and O–H groups in total. The molecule has 13 heavy (non-hydrogen) atoms. The Labute approximate surface area is 79.2 Å². The van der Waals surface area contributed by atoms with Gasteiger partial charge < -0.3 is 9.88 Å². The molecule has 2 heterocycles. The summed E-state index contributed by atoms with van der Waals surface area (Å²) in [6, 6.07) is 1.29. The summed E-state index contributed by atoms with van der Waals surface area (Å²) >= 11 is 0. The molecule has 0 saturated carbocycles. The van der Waals surface area contributed by atoms with Crippen molar-refractivity contribution in [3.8, 4) is 0 Å². The first-order valence-electron chi connectivity index (χ1n) is 5.00. The van der Waals surface area contributed by atoms with E-state index in [0.717, 1.165) is 12.4 Å². The molecule has 3 heteroatoms. The number of nitrogens with zero attached hydrogens (tertiary/aromatic N) is 2. The molecular weight excluding hydrogens is 162 g/mol. The number of rotatable bonds is 1. The van der Waals surface area contributed by atoms with E-state index in [1.807, 2.05) is 6.20 Å². The summed E-state index contributed by atoms with van der Waals surface area (Å²) in [5, 5.41) is 3.50. The van der Waals surface area contributed by atoms with E-state index < -0.39 is 0 Å². The second-order valence-corrected chi connectivity index (χ2v) is 3.92. The average molecular weight is 179 g/mol. The van der Waals surface area contributed by atoms with Crippen LogP contribution in [0.25, 0.3) is 0 Å². The van der Waals surface area contributed by atoms with E-state index in [-0.39, 0.29) is 0 Å². The van der Waals surface area contributed by atoms with Gasteiger partial charge in [0.05, 0.1) is 0 Å². The molecule has 1 fully saturated rings. The molecule has 2 unspecified atom stereocenters. The fraction of sp³-hybridized carbons (Fsp3) is 0.700. The highest BCUT2D eigenvalue weighted by atomic mass is 15.1. The third kappa shape index (κ3) is 1.75. The smallest absolute Gasteiger partial charge is 0.105 e. The van der Waals surface area contributed by atoms with Crippen LogP contribution in [0, 0.1) is 6.92 Å². The van der Waals surface area contributed by atoms with Crippen LogP contribution in [-0.2, 0) is 0 Å². The van der Waals surface area contributed by atoms with Gasteiger partial charge in [-0.15, -0.1) is 0 Å². The molecule has 1 saturated heterocycles. The van der Waals surface area contributed by atoms with E-state index in [1.54, 1.807) is 0 Å². The first-order chi connectivity index (χ1) is 6.27. The lowest BCUT2D eigenvalue weighted by atomic mass is 10.0. The number of piperidine rings is 1. The minimum Gasteiger partial charge on any atom is -0.331 e. The third-order valence-electron chi connectivity index (χ3n) is 2.89. The van der Waals surface area contributed by atoms with Crippen molar-refractivity contribution in [2.75, 3.05) is 6.54 Å². The lowest BCUT2D eigenvalue weighted by molar-refractivity contribution is 0.317. The molecule has 2 atom stereocenters. The van der Waals surface area contributed by atoms with Gasteiger partial charge in [0.1, 0.15) is 5.82 Å². The van der Waals surface area contributed by atoms with Crippen molar-refractivity contribution >= 4 is 0 Å². The molecular formula is C10H17N3. The summed E-state index contributed by atoms with van der Waals surface area (Å²) in [6.45, 7) is 5.40. The van der Waals surface area contributed by atoms with Crippen molar-refractivity contribution in [2.24, 2.45) is 0 Å². The lowest BCUT2D eigenvalue weighted by Crippen LogP contribution is -2.38. The summed E-state index contributed by atoms with van der Waals surface area (Å²) < 4.78 is 2.28. The predicted molar refractivity (Wildman–Crippen MR) is 52.7 cm³/mol. The monoisotopic (exact) mass is 179 g/mol. The van der Waals surface area contributed by atoms with Crippen molar-refractivity contribution in [3.63, 3.8) is 0 Å². The van der Waals surface area contributed by atoms with Gasteiger partial charge in [-0.3, -0.25) is 0 Å². The number of aryl methyl sites for hydroxylation is 1. The molecule has 1 aliphatic heterocycles.